The summed E-state index contributed by atoms with van der Waals surface area (Å²) >= 11 is 0. The molecule has 1 aliphatic rings. The van der Waals surface area contributed by atoms with Gasteiger partial charge in [-0.3, -0.25) is 0 Å². The maximum absolute atomic E-state index is 5.66. The molecular formula is C15H23NO3. The van der Waals surface area contributed by atoms with E-state index in [0.717, 1.165) is 18.1 Å². The summed E-state index contributed by atoms with van der Waals surface area (Å²) in [5, 5.41) is 3.22. The molecule has 1 N–H and O–H groups in total. The van der Waals surface area contributed by atoms with E-state index >= 15 is 0 Å². The van der Waals surface area contributed by atoms with Gasteiger partial charge < -0.3 is 19.5 Å². The van der Waals surface area contributed by atoms with Gasteiger partial charge >= 0.3 is 0 Å². The summed E-state index contributed by atoms with van der Waals surface area (Å²) < 4.78 is 16.8. The summed E-state index contributed by atoms with van der Waals surface area (Å²) in [6, 6.07) is 6.29. The topological polar surface area (TPSA) is 39.7 Å². The molecule has 0 fully saturated rings. The van der Waals surface area contributed by atoms with Crippen LogP contribution in [-0.4, -0.2) is 33.5 Å². The van der Waals surface area contributed by atoms with E-state index in [0.29, 0.717) is 31.8 Å². The Balaban J connectivity index is 1.79. The van der Waals surface area contributed by atoms with Crippen LogP contribution in [0.25, 0.3) is 0 Å². The molecule has 4 heteroatoms. The van der Waals surface area contributed by atoms with E-state index in [-0.39, 0.29) is 0 Å². The summed E-state index contributed by atoms with van der Waals surface area (Å²) in [4.78, 5) is 0. The highest BCUT2D eigenvalue weighted by molar-refractivity contribution is 5.44. The lowest BCUT2D eigenvalue weighted by Crippen LogP contribution is -2.17. The summed E-state index contributed by atoms with van der Waals surface area (Å²) in [6.07, 6.45) is 0. The number of hydrogen-bond donors (Lipinski definition) is 1. The predicted molar refractivity (Wildman–Crippen MR) is 74.9 cm³/mol. The molecule has 0 aromatic heterocycles. The number of rotatable bonds is 7. The number of nitrogens with one attached hydrogen (secondary N) is 1. The van der Waals surface area contributed by atoms with Gasteiger partial charge in [-0.05, 0) is 25.1 Å². The van der Waals surface area contributed by atoms with Crippen LogP contribution < -0.4 is 14.8 Å². The van der Waals surface area contributed by atoms with E-state index in [4.69, 9.17) is 14.2 Å². The standard InChI is InChI=1S/C15H23NO3/c1-11(2)9-17-6-7-18-12-4-5-13-14(16-3)10-19-15(13)8-12/h4-5,8,11,14,16H,6-7,9-10H2,1-3H3. The largest absolute Gasteiger partial charge is 0.491 e. The quantitative estimate of drug-likeness (QED) is 0.768. The van der Waals surface area contributed by atoms with Gasteiger partial charge in [0.25, 0.3) is 0 Å². The van der Waals surface area contributed by atoms with Crippen LogP contribution in [0.15, 0.2) is 18.2 Å². The maximum Gasteiger partial charge on any atom is 0.127 e. The first-order valence-electron chi connectivity index (χ1n) is 6.85. The Morgan fingerprint density at radius 3 is 2.95 bits per heavy atom. The summed E-state index contributed by atoms with van der Waals surface area (Å²) in [5.41, 5.74) is 1.20. The third kappa shape index (κ3) is 3.85. The molecule has 0 aliphatic carbocycles. The van der Waals surface area contributed by atoms with Crippen molar-refractivity contribution in [1.29, 1.82) is 0 Å². The minimum absolute atomic E-state index is 0.290. The minimum atomic E-state index is 0.290. The molecule has 1 atom stereocenters. The lowest BCUT2D eigenvalue weighted by Gasteiger charge is -2.10. The van der Waals surface area contributed by atoms with E-state index in [1.807, 2.05) is 19.2 Å². The van der Waals surface area contributed by atoms with Crippen LogP contribution in [0, 0.1) is 5.92 Å². The van der Waals surface area contributed by atoms with Gasteiger partial charge in [-0.15, -0.1) is 0 Å². The molecular weight excluding hydrogens is 242 g/mol. The van der Waals surface area contributed by atoms with Crippen molar-refractivity contribution in [2.75, 3.05) is 33.5 Å². The molecule has 0 saturated heterocycles. The molecule has 0 saturated carbocycles. The molecule has 1 aromatic rings. The minimum Gasteiger partial charge on any atom is -0.491 e. The van der Waals surface area contributed by atoms with Crippen LogP contribution in [0.5, 0.6) is 11.5 Å². The van der Waals surface area contributed by atoms with Crippen molar-refractivity contribution >= 4 is 0 Å². The van der Waals surface area contributed by atoms with Crippen molar-refractivity contribution < 1.29 is 14.2 Å². The van der Waals surface area contributed by atoms with Gasteiger partial charge in [-0.25, -0.2) is 0 Å². The van der Waals surface area contributed by atoms with Gasteiger partial charge in [0.2, 0.25) is 0 Å². The smallest absolute Gasteiger partial charge is 0.127 e. The highest BCUT2D eigenvalue weighted by atomic mass is 16.5. The first-order valence-corrected chi connectivity index (χ1v) is 6.85. The monoisotopic (exact) mass is 265 g/mol. The fraction of sp³-hybridized carbons (Fsp3) is 0.600. The van der Waals surface area contributed by atoms with E-state index < -0.39 is 0 Å². The molecule has 2 rings (SSSR count). The third-order valence-electron chi connectivity index (χ3n) is 3.06. The first kappa shape index (κ1) is 14.2. The van der Waals surface area contributed by atoms with Crippen molar-refractivity contribution in [1.82, 2.24) is 5.32 Å². The molecule has 106 valence electrons. The SMILES string of the molecule is CNC1COc2cc(OCCOCC(C)C)ccc21. The number of likely N-dealkylation sites (N-methyl/N-ethyl adjacent to an activating group) is 1. The molecule has 0 bridgehead atoms. The Kier molecular flexibility index (Phi) is 5.05. The van der Waals surface area contributed by atoms with Crippen molar-refractivity contribution in [3.8, 4) is 11.5 Å². The molecule has 0 amide bonds. The second kappa shape index (κ2) is 6.78. The van der Waals surface area contributed by atoms with Crippen molar-refractivity contribution in [2.24, 2.45) is 5.92 Å². The lowest BCUT2D eigenvalue weighted by molar-refractivity contribution is 0.0818. The molecule has 0 spiro atoms. The fourth-order valence-electron chi connectivity index (χ4n) is 2.06. The van der Waals surface area contributed by atoms with Crippen LogP contribution in [0.4, 0.5) is 0 Å². The second-order valence-corrected chi connectivity index (χ2v) is 5.17. The van der Waals surface area contributed by atoms with Crippen LogP contribution in [0.3, 0.4) is 0 Å². The van der Waals surface area contributed by atoms with Crippen molar-refractivity contribution in [2.45, 2.75) is 19.9 Å². The van der Waals surface area contributed by atoms with Gasteiger partial charge in [-0.1, -0.05) is 13.8 Å². The zero-order chi connectivity index (χ0) is 13.7. The van der Waals surface area contributed by atoms with Gasteiger partial charge in [0, 0.05) is 18.2 Å². The molecule has 1 unspecified atom stereocenters. The van der Waals surface area contributed by atoms with Crippen LogP contribution in [0.1, 0.15) is 25.5 Å². The molecule has 1 aliphatic heterocycles. The average molecular weight is 265 g/mol. The van der Waals surface area contributed by atoms with E-state index in [1.165, 1.54) is 5.56 Å². The lowest BCUT2D eigenvalue weighted by atomic mass is 10.1. The fourth-order valence-corrected chi connectivity index (χ4v) is 2.06. The maximum atomic E-state index is 5.66. The van der Waals surface area contributed by atoms with Gasteiger partial charge in [0.15, 0.2) is 0 Å². The van der Waals surface area contributed by atoms with Crippen LogP contribution in [-0.2, 0) is 4.74 Å². The Morgan fingerprint density at radius 1 is 1.37 bits per heavy atom. The summed E-state index contributed by atoms with van der Waals surface area (Å²) in [7, 11) is 1.94. The van der Waals surface area contributed by atoms with Gasteiger partial charge in [0.05, 0.1) is 12.6 Å². The zero-order valence-electron chi connectivity index (χ0n) is 11.9. The Morgan fingerprint density at radius 2 is 2.21 bits per heavy atom. The van der Waals surface area contributed by atoms with Crippen LogP contribution >= 0.6 is 0 Å². The van der Waals surface area contributed by atoms with E-state index in [1.54, 1.807) is 0 Å². The first-order chi connectivity index (χ1) is 9.20. The molecule has 0 radical (unpaired) electrons. The molecule has 4 nitrogen and oxygen atoms in total. The Bertz CT molecular complexity index is 406. The van der Waals surface area contributed by atoms with Crippen LogP contribution in [0.2, 0.25) is 0 Å². The second-order valence-electron chi connectivity index (χ2n) is 5.17. The normalized spacial score (nSPS) is 17.4. The van der Waals surface area contributed by atoms with E-state index in [9.17, 15) is 0 Å². The summed E-state index contributed by atoms with van der Waals surface area (Å²) in [5.74, 6) is 2.32. The predicted octanol–water partition coefficient (Wildman–Crippen LogP) is 2.39. The highest BCUT2D eigenvalue weighted by Gasteiger charge is 2.22. The summed E-state index contributed by atoms with van der Waals surface area (Å²) in [6.45, 7) is 6.93. The van der Waals surface area contributed by atoms with Crippen molar-refractivity contribution in [3.05, 3.63) is 23.8 Å². The molecule has 1 aromatic carbocycles. The molecule has 1 heterocycles. The zero-order valence-corrected chi connectivity index (χ0v) is 11.9. The highest BCUT2D eigenvalue weighted by Crippen LogP contribution is 2.34. The van der Waals surface area contributed by atoms with Gasteiger partial charge in [-0.2, -0.15) is 0 Å². The van der Waals surface area contributed by atoms with Crippen molar-refractivity contribution in [3.63, 3.8) is 0 Å². The number of ether oxygens (including phenoxy) is 3. The number of fused-ring (bicyclic) bond motifs is 1. The Hall–Kier alpha value is -1.26. The average Bonchev–Trinajstić information content (AvgIpc) is 2.80. The third-order valence-corrected chi connectivity index (χ3v) is 3.06. The van der Waals surface area contributed by atoms with Gasteiger partial charge in [0.1, 0.15) is 24.7 Å². The van der Waals surface area contributed by atoms with E-state index in [2.05, 4.69) is 25.2 Å². The number of hydrogen-bond acceptors (Lipinski definition) is 4. The Labute approximate surface area is 115 Å². The number of benzene rings is 1. The molecule has 19 heavy (non-hydrogen) atoms.